The Hall–Kier alpha value is -1.83. The molecule has 0 unspecified atom stereocenters. The van der Waals surface area contributed by atoms with Gasteiger partial charge in [-0.05, 0) is 30.9 Å². The summed E-state index contributed by atoms with van der Waals surface area (Å²) in [6.45, 7) is 13.8. The highest BCUT2D eigenvalue weighted by molar-refractivity contribution is 5.83. The first-order valence-electron chi connectivity index (χ1n) is 6.05. The van der Waals surface area contributed by atoms with Crippen LogP contribution in [0.4, 0.5) is 0 Å². The highest BCUT2D eigenvalue weighted by Crippen LogP contribution is 2.29. The van der Waals surface area contributed by atoms with Crippen LogP contribution in [0.3, 0.4) is 0 Å². The van der Waals surface area contributed by atoms with E-state index < -0.39 is 0 Å². The Morgan fingerprint density at radius 1 is 1.50 bits per heavy atom. The summed E-state index contributed by atoms with van der Waals surface area (Å²) in [7, 11) is 0. The Balaban J connectivity index is 2.67. The predicted octanol–water partition coefficient (Wildman–Crippen LogP) is 4.55. The summed E-state index contributed by atoms with van der Waals surface area (Å²) in [6, 6.07) is 0. The molecule has 0 spiro atoms. The molecule has 0 atom stereocenters. The standard InChI is InChI=1S/C16H21NO/c1-6-14(12-17-7-2)13(3)18-15-8-10-16(4,5)11-9-15/h6-10,12H,2-3,11H2,1,4-5H3/b14-6+,17-12?. The summed E-state index contributed by atoms with van der Waals surface area (Å²) in [4.78, 5) is 3.97. The number of hydrogen-bond acceptors (Lipinski definition) is 2. The van der Waals surface area contributed by atoms with Crippen molar-refractivity contribution in [3.63, 3.8) is 0 Å². The third-order valence-electron chi connectivity index (χ3n) is 2.72. The summed E-state index contributed by atoms with van der Waals surface area (Å²) in [6.07, 6.45) is 12.3. The maximum absolute atomic E-state index is 5.72. The molecular weight excluding hydrogens is 222 g/mol. The Morgan fingerprint density at radius 3 is 2.72 bits per heavy atom. The lowest BCUT2D eigenvalue weighted by molar-refractivity contribution is 0.322. The van der Waals surface area contributed by atoms with Gasteiger partial charge in [0, 0.05) is 18.0 Å². The van der Waals surface area contributed by atoms with E-state index in [1.807, 2.05) is 19.1 Å². The Bertz CT molecular complexity index is 448. The SMILES string of the molecule is C=CN=C/C(=C\C)C(=C)OC1=CCC(C)(C)C=C1. The van der Waals surface area contributed by atoms with Crippen molar-refractivity contribution in [3.8, 4) is 0 Å². The van der Waals surface area contributed by atoms with Crippen molar-refractivity contribution in [1.29, 1.82) is 0 Å². The number of nitrogens with zero attached hydrogens (tertiary/aromatic N) is 1. The van der Waals surface area contributed by atoms with Crippen molar-refractivity contribution in [3.05, 3.63) is 60.8 Å². The zero-order chi connectivity index (χ0) is 13.6. The number of rotatable bonds is 5. The molecule has 18 heavy (non-hydrogen) atoms. The van der Waals surface area contributed by atoms with E-state index in [-0.39, 0.29) is 5.41 Å². The van der Waals surface area contributed by atoms with Gasteiger partial charge in [-0.2, -0.15) is 0 Å². The fourth-order valence-corrected chi connectivity index (χ4v) is 1.52. The lowest BCUT2D eigenvalue weighted by atomic mass is 9.86. The second-order valence-corrected chi connectivity index (χ2v) is 4.86. The van der Waals surface area contributed by atoms with E-state index in [2.05, 4.69) is 44.1 Å². The first-order valence-corrected chi connectivity index (χ1v) is 6.05. The molecule has 2 heteroatoms. The van der Waals surface area contributed by atoms with Crippen LogP contribution in [0.25, 0.3) is 0 Å². The first-order chi connectivity index (χ1) is 8.48. The van der Waals surface area contributed by atoms with Crippen molar-refractivity contribution >= 4 is 6.21 Å². The minimum atomic E-state index is 0.210. The zero-order valence-electron chi connectivity index (χ0n) is 11.4. The van der Waals surface area contributed by atoms with Crippen LogP contribution in [0.1, 0.15) is 27.2 Å². The third kappa shape index (κ3) is 4.21. The number of aliphatic imine (C=N–C) groups is 1. The molecule has 0 aromatic carbocycles. The number of ether oxygens (including phenoxy) is 1. The van der Waals surface area contributed by atoms with Gasteiger partial charge in [0.25, 0.3) is 0 Å². The molecule has 0 amide bonds. The topological polar surface area (TPSA) is 21.6 Å². The van der Waals surface area contributed by atoms with Crippen LogP contribution in [0, 0.1) is 5.41 Å². The van der Waals surface area contributed by atoms with Crippen LogP contribution in [0.2, 0.25) is 0 Å². The molecule has 96 valence electrons. The summed E-state index contributed by atoms with van der Waals surface area (Å²) in [5, 5.41) is 0. The van der Waals surface area contributed by atoms with Gasteiger partial charge in [-0.25, -0.2) is 0 Å². The molecule has 1 aliphatic rings. The van der Waals surface area contributed by atoms with Gasteiger partial charge >= 0.3 is 0 Å². The molecule has 0 N–H and O–H groups in total. The molecule has 0 aliphatic heterocycles. The minimum absolute atomic E-state index is 0.210. The number of allylic oxidation sites excluding steroid dienone is 5. The van der Waals surface area contributed by atoms with Gasteiger partial charge in [0.2, 0.25) is 0 Å². The first kappa shape index (κ1) is 14.2. The lowest BCUT2D eigenvalue weighted by Crippen LogP contribution is -2.10. The van der Waals surface area contributed by atoms with Crippen LogP contribution < -0.4 is 0 Å². The van der Waals surface area contributed by atoms with Crippen LogP contribution in [0.5, 0.6) is 0 Å². The largest absolute Gasteiger partial charge is 0.458 e. The molecule has 0 bridgehead atoms. The summed E-state index contributed by atoms with van der Waals surface area (Å²) < 4.78 is 5.72. The second kappa shape index (κ2) is 6.20. The van der Waals surface area contributed by atoms with Crippen molar-refractivity contribution in [1.82, 2.24) is 0 Å². The van der Waals surface area contributed by atoms with E-state index in [0.717, 1.165) is 17.8 Å². The molecule has 0 radical (unpaired) electrons. The van der Waals surface area contributed by atoms with E-state index in [1.54, 1.807) is 6.21 Å². The molecule has 0 heterocycles. The molecule has 0 saturated carbocycles. The Kier molecular flexibility index (Phi) is 4.90. The summed E-state index contributed by atoms with van der Waals surface area (Å²) >= 11 is 0. The van der Waals surface area contributed by atoms with Gasteiger partial charge in [-0.15, -0.1) is 0 Å². The van der Waals surface area contributed by atoms with Crippen LogP contribution in [-0.2, 0) is 4.74 Å². The van der Waals surface area contributed by atoms with Crippen molar-refractivity contribution in [2.24, 2.45) is 10.4 Å². The second-order valence-electron chi connectivity index (χ2n) is 4.86. The monoisotopic (exact) mass is 243 g/mol. The van der Waals surface area contributed by atoms with Crippen molar-refractivity contribution < 1.29 is 4.74 Å². The van der Waals surface area contributed by atoms with Gasteiger partial charge in [0.15, 0.2) is 0 Å². The third-order valence-corrected chi connectivity index (χ3v) is 2.72. The van der Waals surface area contributed by atoms with E-state index in [4.69, 9.17) is 4.74 Å². The maximum atomic E-state index is 5.72. The van der Waals surface area contributed by atoms with Crippen molar-refractivity contribution in [2.75, 3.05) is 0 Å². The molecule has 2 nitrogen and oxygen atoms in total. The lowest BCUT2D eigenvalue weighted by Gasteiger charge is -2.23. The highest BCUT2D eigenvalue weighted by Gasteiger charge is 2.17. The van der Waals surface area contributed by atoms with Crippen LogP contribution in [-0.4, -0.2) is 6.21 Å². The highest BCUT2D eigenvalue weighted by atomic mass is 16.5. The minimum Gasteiger partial charge on any atom is -0.458 e. The predicted molar refractivity (Wildman–Crippen MR) is 78.3 cm³/mol. The molecule has 0 aromatic heterocycles. The quantitative estimate of drug-likeness (QED) is 0.394. The molecule has 0 saturated heterocycles. The smallest absolute Gasteiger partial charge is 0.128 e. The zero-order valence-corrected chi connectivity index (χ0v) is 11.4. The maximum Gasteiger partial charge on any atom is 0.128 e. The Labute approximate surface area is 110 Å². The van der Waals surface area contributed by atoms with Gasteiger partial charge in [-0.1, -0.05) is 39.2 Å². The van der Waals surface area contributed by atoms with Gasteiger partial charge < -0.3 is 4.74 Å². The number of hydrogen-bond donors (Lipinski definition) is 0. The average Bonchev–Trinajstić information content (AvgIpc) is 2.33. The fourth-order valence-electron chi connectivity index (χ4n) is 1.52. The molecular formula is C16H21NO. The normalized spacial score (nSPS) is 18.6. The molecule has 1 aliphatic carbocycles. The summed E-state index contributed by atoms with van der Waals surface area (Å²) in [5.41, 5.74) is 1.07. The van der Waals surface area contributed by atoms with Gasteiger partial charge in [0.05, 0.1) is 0 Å². The average molecular weight is 243 g/mol. The molecule has 0 fully saturated rings. The van der Waals surface area contributed by atoms with Gasteiger partial charge in [-0.3, -0.25) is 4.99 Å². The van der Waals surface area contributed by atoms with Gasteiger partial charge in [0.1, 0.15) is 11.5 Å². The van der Waals surface area contributed by atoms with Crippen LogP contribution in [0.15, 0.2) is 65.7 Å². The van der Waals surface area contributed by atoms with E-state index >= 15 is 0 Å². The molecule has 1 rings (SSSR count). The van der Waals surface area contributed by atoms with E-state index in [9.17, 15) is 0 Å². The van der Waals surface area contributed by atoms with Crippen molar-refractivity contribution in [2.45, 2.75) is 27.2 Å². The fraction of sp³-hybridized carbons (Fsp3) is 0.312. The van der Waals surface area contributed by atoms with E-state index in [0.29, 0.717) is 5.76 Å². The van der Waals surface area contributed by atoms with E-state index in [1.165, 1.54) is 6.20 Å². The Morgan fingerprint density at radius 2 is 2.22 bits per heavy atom. The molecule has 0 aromatic rings. The summed E-state index contributed by atoms with van der Waals surface area (Å²) in [5.74, 6) is 1.43. The van der Waals surface area contributed by atoms with Crippen LogP contribution >= 0.6 is 0 Å².